The molecule has 0 saturated heterocycles. The molecule has 5 nitrogen and oxygen atoms in total. The second kappa shape index (κ2) is 5.37. The fourth-order valence-electron chi connectivity index (χ4n) is 1.16. The molecule has 17 heavy (non-hydrogen) atoms. The van der Waals surface area contributed by atoms with Crippen LogP contribution >= 0.6 is 11.6 Å². The van der Waals surface area contributed by atoms with E-state index in [9.17, 15) is 18.3 Å². The molecule has 0 atom stereocenters. The van der Waals surface area contributed by atoms with Crippen molar-refractivity contribution in [1.29, 1.82) is 0 Å². The molecule has 0 aliphatic carbocycles. The van der Waals surface area contributed by atoms with Crippen molar-refractivity contribution >= 4 is 33.0 Å². The number of carbonyl (C=O) groups is 1. The van der Waals surface area contributed by atoms with Crippen molar-refractivity contribution < 1.29 is 18.3 Å². The molecule has 94 valence electrons. The Hall–Kier alpha value is -1.27. The van der Waals surface area contributed by atoms with Crippen molar-refractivity contribution in [3.8, 4) is 5.75 Å². The zero-order chi connectivity index (χ0) is 13.1. The predicted molar refractivity (Wildman–Crippen MR) is 65.2 cm³/mol. The van der Waals surface area contributed by atoms with Gasteiger partial charge in [-0.25, -0.2) is 8.42 Å². The molecule has 0 aliphatic rings. The lowest BCUT2D eigenvalue weighted by Crippen LogP contribution is -2.13. The van der Waals surface area contributed by atoms with Crippen molar-refractivity contribution in [2.75, 3.05) is 16.9 Å². The highest BCUT2D eigenvalue weighted by Crippen LogP contribution is 2.26. The van der Waals surface area contributed by atoms with Gasteiger partial charge < -0.3 is 10.4 Å². The Balaban J connectivity index is 3.06. The number of sulfone groups is 1. The first-order valence-corrected chi connectivity index (χ1v) is 7.01. The topological polar surface area (TPSA) is 83.5 Å². The summed E-state index contributed by atoms with van der Waals surface area (Å²) in [7, 11) is -3.37. The molecule has 2 N–H and O–H groups in total. The molecule has 0 saturated carbocycles. The van der Waals surface area contributed by atoms with Crippen molar-refractivity contribution in [3.63, 3.8) is 0 Å². The minimum absolute atomic E-state index is 0.0152. The first-order chi connectivity index (χ1) is 7.90. The molecule has 1 aromatic carbocycles. The fourth-order valence-corrected chi connectivity index (χ4v) is 2.13. The molecular weight excluding hydrogens is 266 g/mol. The molecule has 0 heterocycles. The number of alkyl halides is 1. The van der Waals surface area contributed by atoms with Gasteiger partial charge in [0, 0.05) is 6.07 Å². The molecule has 0 unspecified atom stereocenters. The van der Waals surface area contributed by atoms with E-state index in [0.29, 0.717) is 0 Å². The Morgan fingerprint density at radius 1 is 1.47 bits per heavy atom. The molecule has 1 aromatic rings. The summed E-state index contributed by atoms with van der Waals surface area (Å²) in [6.45, 7) is 1.51. The number of carbonyl (C=O) groups excluding carboxylic acids is 1. The Kier molecular flexibility index (Phi) is 4.36. The molecule has 0 aromatic heterocycles. The molecule has 1 amide bonds. The van der Waals surface area contributed by atoms with Crippen LogP contribution in [0.25, 0.3) is 0 Å². The summed E-state index contributed by atoms with van der Waals surface area (Å²) in [6, 6.07) is 3.74. The quantitative estimate of drug-likeness (QED) is 0.643. The molecule has 0 aliphatic heterocycles. The van der Waals surface area contributed by atoms with E-state index in [1.807, 2.05) is 0 Å². The van der Waals surface area contributed by atoms with E-state index in [-0.39, 0.29) is 28.0 Å². The molecule has 0 bridgehead atoms. The number of hydrogen-bond donors (Lipinski definition) is 2. The summed E-state index contributed by atoms with van der Waals surface area (Å²) in [6.07, 6.45) is 0. The lowest BCUT2D eigenvalue weighted by atomic mass is 10.3. The van der Waals surface area contributed by atoms with E-state index < -0.39 is 15.7 Å². The normalized spacial score (nSPS) is 11.2. The van der Waals surface area contributed by atoms with Gasteiger partial charge in [0.05, 0.1) is 16.3 Å². The minimum atomic E-state index is -3.37. The second-order valence-electron chi connectivity index (χ2n) is 3.26. The van der Waals surface area contributed by atoms with Crippen LogP contribution in [0.2, 0.25) is 0 Å². The van der Waals surface area contributed by atoms with Crippen LogP contribution in [0.15, 0.2) is 23.1 Å². The van der Waals surface area contributed by atoms with Crippen molar-refractivity contribution in [2.24, 2.45) is 0 Å². The van der Waals surface area contributed by atoms with Crippen LogP contribution in [0.3, 0.4) is 0 Å². The maximum Gasteiger partial charge on any atom is 0.239 e. The standard InChI is InChI=1S/C10H12ClNO4S/c1-2-17(15,16)7-3-4-8(9(13)5-7)12-10(14)6-11/h3-5,13H,2,6H2,1H3,(H,12,14). The Bertz CT molecular complexity index is 527. The summed E-state index contributed by atoms with van der Waals surface area (Å²) in [4.78, 5) is 11.0. The van der Waals surface area contributed by atoms with Crippen molar-refractivity contribution in [1.82, 2.24) is 0 Å². The number of amides is 1. The van der Waals surface area contributed by atoms with E-state index in [1.165, 1.54) is 19.1 Å². The third kappa shape index (κ3) is 3.34. The van der Waals surface area contributed by atoms with Gasteiger partial charge in [-0.05, 0) is 12.1 Å². The number of phenols is 1. The molecule has 1 rings (SSSR count). The maximum atomic E-state index is 11.5. The molecule has 0 spiro atoms. The number of anilines is 1. The van der Waals surface area contributed by atoms with Crippen LogP contribution in [0.1, 0.15) is 6.92 Å². The van der Waals surface area contributed by atoms with Crippen LogP contribution < -0.4 is 5.32 Å². The second-order valence-corrected chi connectivity index (χ2v) is 5.81. The lowest BCUT2D eigenvalue weighted by Gasteiger charge is -2.07. The molecule has 7 heteroatoms. The fraction of sp³-hybridized carbons (Fsp3) is 0.300. The van der Waals surface area contributed by atoms with E-state index >= 15 is 0 Å². The van der Waals surface area contributed by atoms with Gasteiger partial charge in [0.25, 0.3) is 0 Å². The SMILES string of the molecule is CCS(=O)(=O)c1ccc(NC(=O)CCl)c(O)c1. The van der Waals surface area contributed by atoms with Crippen molar-refractivity contribution in [2.45, 2.75) is 11.8 Å². The number of rotatable bonds is 4. The molecule has 0 radical (unpaired) electrons. The average Bonchev–Trinajstić information content (AvgIpc) is 2.31. The van der Waals surface area contributed by atoms with Gasteiger partial charge in [0.2, 0.25) is 5.91 Å². The average molecular weight is 278 g/mol. The zero-order valence-electron chi connectivity index (χ0n) is 9.10. The first kappa shape index (κ1) is 13.8. The van der Waals surface area contributed by atoms with Crippen LogP contribution in [0, 0.1) is 0 Å². The third-order valence-electron chi connectivity index (χ3n) is 2.10. The summed E-state index contributed by atoms with van der Waals surface area (Å²) in [5.41, 5.74) is 0.130. The first-order valence-electron chi connectivity index (χ1n) is 4.82. The van der Waals surface area contributed by atoms with Crippen LogP contribution in [-0.4, -0.2) is 31.1 Å². The third-order valence-corrected chi connectivity index (χ3v) is 4.08. The number of hydrogen-bond acceptors (Lipinski definition) is 4. The molecular formula is C10H12ClNO4S. The smallest absolute Gasteiger partial charge is 0.239 e. The highest BCUT2D eigenvalue weighted by atomic mass is 35.5. The number of aromatic hydroxyl groups is 1. The maximum absolute atomic E-state index is 11.5. The largest absolute Gasteiger partial charge is 0.506 e. The Morgan fingerprint density at radius 2 is 2.12 bits per heavy atom. The van der Waals surface area contributed by atoms with Gasteiger partial charge in [-0.2, -0.15) is 0 Å². The predicted octanol–water partition coefficient (Wildman–Crippen LogP) is 1.36. The van der Waals surface area contributed by atoms with Gasteiger partial charge >= 0.3 is 0 Å². The summed E-state index contributed by atoms with van der Waals surface area (Å²) < 4.78 is 23.0. The van der Waals surface area contributed by atoms with E-state index in [2.05, 4.69) is 5.32 Å². The van der Waals surface area contributed by atoms with Crippen LogP contribution in [-0.2, 0) is 14.6 Å². The van der Waals surface area contributed by atoms with Crippen LogP contribution in [0.4, 0.5) is 5.69 Å². The van der Waals surface area contributed by atoms with E-state index in [0.717, 1.165) is 6.07 Å². The highest BCUT2D eigenvalue weighted by Gasteiger charge is 2.14. The lowest BCUT2D eigenvalue weighted by molar-refractivity contribution is -0.113. The van der Waals surface area contributed by atoms with E-state index in [4.69, 9.17) is 11.6 Å². The number of halogens is 1. The Morgan fingerprint density at radius 3 is 2.59 bits per heavy atom. The number of nitrogens with one attached hydrogen (secondary N) is 1. The van der Waals surface area contributed by atoms with Gasteiger partial charge in [-0.15, -0.1) is 11.6 Å². The van der Waals surface area contributed by atoms with Gasteiger partial charge in [0.15, 0.2) is 9.84 Å². The van der Waals surface area contributed by atoms with Gasteiger partial charge in [-0.1, -0.05) is 6.92 Å². The van der Waals surface area contributed by atoms with Crippen LogP contribution in [0.5, 0.6) is 5.75 Å². The van der Waals surface area contributed by atoms with E-state index in [1.54, 1.807) is 0 Å². The summed E-state index contributed by atoms with van der Waals surface area (Å²) in [5.74, 6) is -1.08. The summed E-state index contributed by atoms with van der Waals surface area (Å²) in [5, 5.41) is 11.9. The molecule has 0 fully saturated rings. The minimum Gasteiger partial charge on any atom is -0.506 e. The monoisotopic (exact) mass is 277 g/mol. The zero-order valence-corrected chi connectivity index (χ0v) is 10.7. The van der Waals surface area contributed by atoms with Crippen molar-refractivity contribution in [3.05, 3.63) is 18.2 Å². The number of phenolic OH excluding ortho intramolecular Hbond substituents is 1. The summed E-state index contributed by atoms with van der Waals surface area (Å²) >= 11 is 5.29. The Labute approximate surface area is 104 Å². The van der Waals surface area contributed by atoms with Gasteiger partial charge in [-0.3, -0.25) is 4.79 Å². The number of benzene rings is 1. The van der Waals surface area contributed by atoms with Gasteiger partial charge in [0.1, 0.15) is 11.6 Å². The highest BCUT2D eigenvalue weighted by molar-refractivity contribution is 7.91.